The fraction of sp³-hybridized carbons (Fsp3) is 0. The number of nitrogens with one attached hydrogen (secondary N) is 1. The van der Waals surface area contributed by atoms with Gasteiger partial charge in [-0.2, -0.15) is 0 Å². The summed E-state index contributed by atoms with van der Waals surface area (Å²) < 4.78 is 12.8. The maximum atomic E-state index is 12.8. The van der Waals surface area contributed by atoms with Crippen LogP contribution in [0.25, 0.3) is 10.9 Å². The van der Waals surface area contributed by atoms with E-state index in [1.165, 1.54) is 30.3 Å². The van der Waals surface area contributed by atoms with Gasteiger partial charge in [0.05, 0.1) is 10.5 Å². The summed E-state index contributed by atoms with van der Waals surface area (Å²) in [5, 5.41) is 3.90. The predicted molar refractivity (Wildman–Crippen MR) is 81.1 cm³/mol. The number of halogens is 2. The van der Waals surface area contributed by atoms with Gasteiger partial charge in [0.1, 0.15) is 11.5 Å². The van der Waals surface area contributed by atoms with Crippen LogP contribution < -0.4 is 5.32 Å². The van der Waals surface area contributed by atoms with Gasteiger partial charge in [-0.3, -0.25) is 4.79 Å². The molecule has 21 heavy (non-hydrogen) atoms. The first-order valence-electron chi connectivity index (χ1n) is 6.26. The Kier molecular flexibility index (Phi) is 3.54. The molecule has 0 aliphatic heterocycles. The lowest BCUT2D eigenvalue weighted by Gasteiger charge is -2.07. The molecule has 0 spiro atoms. The summed E-state index contributed by atoms with van der Waals surface area (Å²) in [7, 11) is 0. The predicted octanol–water partition coefficient (Wildman–Crippen LogP) is 4.28. The highest BCUT2D eigenvalue weighted by molar-refractivity contribution is 6.35. The van der Waals surface area contributed by atoms with Crippen molar-refractivity contribution in [3.05, 3.63) is 71.1 Å². The standard InChI is InChI=1S/C16H10ClFN2O/c17-13-9-15(20-14-4-2-1-3-12(13)14)16(21)19-11-7-5-10(18)6-8-11/h1-9H,(H,19,21). The van der Waals surface area contributed by atoms with E-state index in [0.29, 0.717) is 16.2 Å². The number of nitrogens with zero attached hydrogens (tertiary/aromatic N) is 1. The summed E-state index contributed by atoms with van der Waals surface area (Å²) in [6.07, 6.45) is 0. The van der Waals surface area contributed by atoms with Crippen molar-refractivity contribution in [1.82, 2.24) is 4.98 Å². The zero-order chi connectivity index (χ0) is 14.8. The highest BCUT2D eigenvalue weighted by Gasteiger charge is 2.11. The van der Waals surface area contributed by atoms with E-state index in [-0.39, 0.29) is 11.5 Å². The summed E-state index contributed by atoms with van der Waals surface area (Å²) in [6, 6.07) is 14.3. The quantitative estimate of drug-likeness (QED) is 0.767. The number of amides is 1. The molecule has 1 N–H and O–H groups in total. The minimum Gasteiger partial charge on any atom is -0.321 e. The van der Waals surface area contributed by atoms with Crippen molar-refractivity contribution in [2.45, 2.75) is 0 Å². The minimum atomic E-state index is -0.394. The molecule has 0 saturated heterocycles. The van der Waals surface area contributed by atoms with E-state index in [2.05, 4.69) is 10.3 Å². The first kappa shape index (κ1) is 13.5. The van der Waals surface area contributed by atoms with E-state index in [1.54, 1.807) is 6.07 Å². The van der Waals surface area contributed by atoms with E-state index >= 15 is 0 Å². The monoisotopic (exact) mass is 300 g/mol. The summed E-state index contributed by atoms with van der Waals surface area (Å²) in [5.74, 6) is -0.755. The second kappa shape index (κ2) is 5.50. The van der Waals surface area contributed by atoms with Crippen molar-refractivity contribution in [1.29, 1.82) is 0 Å². The van der Waals surface area contributed by atoms with Gasteiger partial charge in [-0.05, 0) is 36.4 Å². The molecule has 0 unspecified atom stereocenters. The molecular weight excluding hydrogens is 291 g/mol. The fourth-order valence-electron chi connectivity index (χ4n) is 1.98. The second-order valence-corrected chi connectivity index (χ2v) is 4.87. The molecule has 104 valence electrons. The van der Waals surface area contributed by atoms with Crippen LogP contribution in [0.3, 0.4) is 0 Å². The third kappa shape index (κ3) is 2.85. The van der Waals surface area contributed by atoms with Crippen LogP contribution in [0, 0.1) is 5.82 Å². The normalized spacial score (nSPS) is 10.6. The molecule has 1 aromatic heterocycles. The molecule has 0 aliphatic rings. The summed E-state index contributed by atoms with van der Waals surface area (Å²) in [4.78, 5) is 16.4. The minimum absolute atomic E-state index is 0.211. The van der Waals surface area contributed by atoms with Gasteiger partial charge in [-0.25, -0.2) is 9.37 Å². The van der Waals surface area contributed by atoms with Gasteiger partial charge in [0.25, 0.3) is 5.91 Å². The van der Waals surface area contributed by atoms with Crippen molar-refractivity contribution < 1.29 is 9.18 Å². The number of pyridine rings is 1. The third-order valence-electron chi connectivity index (χ3n) is 3.00. The van der Waals surface area contributed by atoms with Crippen LogP contribution in [0.15, 0.2) is 54.6 Å². The van der Waals surface area contributed by atoms with Gasteiger partial charge in [-0.15, -0.1) is 0 Å². The van der Waals surface area contributed by atoms with E-state index < -0.39 is 5.91 Å². The number of hydrogen-bond donors (Lipinski definition) is 1. The molecule has 3 aromatic rings. The maximum absolute atomic E-state index is 12.8. The van der Waals surface area contributed by atoms with Crippen LogP contribution in [0.1, 0.15) is 10.5 Å². The first-order valence-corrected chi connectivity index (χ1v) is 6.63. The average molecular weight is 301 g/mol. The van der Waals surface area contributed by atoms with Gasteiger partial charge in [0.15, 0.2) is 0 Å². The maximum Gasteiger partial charge on any atom is 0.274 e. The highest BCUT2D eigenvalue weighted by Crippen LogP contribution is 2.23. The Morgan fingerprint density at radius 1 is 1.10 bits per heavy atom. The molecule has 0 fully saturated rings. The van der Waals surface area contributed by atoms with Gasteiger partial charge in [0, 0.05) is 11.1 Å². The van der Waals surface area contributed by atoms with Gasteiger partial charge < -0.3 is 5.32 Å². The molecule has 1 amide bonds. The zero-order valence-corrected chi connectivity index (χ0v) is 11.6. The third-order valence-corrected chi connectivity index (χ3v) is 3.31. The van der Waals surface area contributed by atoms with Crippen molar-refractivity contribution in [3.63, 3.8) is 0 Å². The van der Waals surface area contributed by atoms with Crippen molar-refractivity contribution in [2.24, 2.45) is 0 Å². The number of para-hydroxylation sites is 1. The largest absolute Gasteiger partial charge is 0.321 e. The zero-order valence-electron chi connectivity index (χ0n) is 10.8. The number of carbonyl (C=O) groups excluding carboxylic acids is 1. The molecule has 5 heteroatoms. The molecule has 0 radical (unpaired) electrons. The van der Waals surface area contributed by atoms with Crippen LogP contribution in [0.4, 0.5) is 10.1 Å². The highest BCUT2D eigenvalue weighted by atomic mass is 35.5. The van der Waals surface area contributed by atoms with Gasteiger partial charge in [0.2, 0.25) is 0 Å². The van der Waals surface area contributed by atoms with E-state index in [9.17, 15) is 9.18 Å². The Morgan fingerprint density at radius 2 is 1.81 bits per heavy atom. The van der Waals surface area contributed by atoms with Gasteiger partial charge in [-0.1, -0.05) is 29.8 Å². The van der Waals surface area contributed by atoms with Crippen LogP contribution in [-0.4, -0.2) is 10.9 Å². The molecule has 3 rings (SSSR count). The van der Waals surface area contributed by atoms with Crippen molar-refractivity contribution in [3.8, 4) is 0 Å². The second-order valence-electron chi connectivity index (χ2n) is 4.47. The van der Waals surface area contributed by atoms with Gasteiger partial charge >= 0.3 is 0 Å². The SMILES string of the molecule is O=C(Nc1ccc(F)cc1)c1cc(Cl)c2ccccc2n1. The first-order chi connectivity index (χ1) is 10.1. The topological polar surface area (TPSA) is 42.0 Å². The number of anilines is 1. The van der Waals surface area contributed by atoms with Crippen LogP contribution in [0.2, 0.25) is 5.02 Å². The van der Waals surface area contributed by atoms with Crippen molar-refractivity contribution in [2.75, 3.05) is 5.32 Å². The summed E-state index contributed by atoms with van der Waals surface area (Å²) in [6.45, 7) is 0. The summed E-state index contributed by atoms with van der Waals surface area (Å²) >= 11 is 6.16. The van der Waals surface area contributed by atoms with Crippen LogP contribution in [0.5, 0.6) is 0 Å². The number of aromatic nitrogens is 1. The Morgan fingerprint density at radius 3 is 2.57 bits per heavy atom. The summed E-state index contributed by atoms with van der Waals surface area (Å²) in [5.41, 5.74) is 1.35. The molecule has 0 atom stereocenters. The lowest BCUT2D eigenvalue weighted by atomic mass is 10.2. The number of hydrogen-bond acceptors (Lipinski definition) is 2. The Hall–Kier alpha value is -2.46. The Bertz CT molecular complexity index is 818. The van der Waals surface area contributed by atoms with E-state index in [4.69, 9.17) is 11.6 Å². The molecule has 3 nitrogen and oxygen atoms in total. The number of fused-ring (bicyclic) bond motifs is 1. The lowest BCUT2D eigenvalue weighted by molar-refractivity contribution is 0.102. The fourth-order valence-corrected chi connectivity index (χ4v) is 2.24. The number of rotatable bonds is 2. The smallest absolute Gasteiger partial charge is 0.274 e. The lowest BCUT2D eigenvalue weighted by Crippen LogP contribution is -2.13. The molecule has 2 aromatic carbocycles. The molecule has 0 bridgehead atoms. The van der Waals surface area contributed by atoms with Crippen molar-refractivity contribution >= 4 is 34.1 Å². The van der Waals surface area contributed by atoms with Crippen LogP contribution >= 0.6 is 11.6 Å². The molecule has 0 saturated carbocycles. The number of benzene rings is 2. The molecular formula is C16H10ClFN2O. The molecule has 1 heterocycles. The Labute approximate surface area is 125 Å². The Balaban J connectivity index is 1.92. The van der Waals surface area contributed by atoms with E-state index in [0.717, 1.165) is 5.39 Å². The average Bonchev–Trinajstić information content (AvgIpc) is 2.49. The molecule has 0 aliphatic carbocycles. The van der Waals surface area contributed by atoms with Crippen LogP contribution in [-0.2, 0) is 0 Å². The van der Waals surface area contributed by atoms with E-state index in [1.807, 2.05) is 18.2 Å². The number of carbonyl (C=O) groups is 1.